The van der Waals surface area contributed by atoms with Gasteiger partial charge in [-0.05, 0) is 30.7 Å². The van der Waals surface area contributed by atoms with Crippen molar-refractivity contribution in [2.75, 3.05) is 0 Å². The van der Waals surface area contributed by atoms with Gasteiger partial charge in [0.05, 0.1) is 11.1 Å². The van der Waals surface area contributed by atoms with E-state index < -0.39 is 29.8 Å². The molecule has 0 saturated carbocycles. The molecule has 8 nitrogen and oxygen atoms in total. The largest absolute Gasteiger partial charge is 0.481 e. The summed E-state index contributed by atoms with van der Waals surface area (Å²) in [5.74, 6) is -3.66. The van der Waals surface area contributed by atoms with Gasteiger partial charge in [0.1, 0.15) is 6.04 Å². The van der Waals surface area contributed by atoms with Crippen LogP contribution in [-0.4, -0.2) is 40.0 Å². The Morgan fingerprint density at radius 3 is 1.93 bits per heavy atom. The van der Waals surface area contributed by atoms with Crippen LogP contribution in [0.2, 0.25) is 0 Å². The van der Waals surface area contributed by atoms with Crippen LogP contribution in [0.15, 0.2) is 58.3 Å². The van der Waals surface area contributed by atoms with Crippen molar-refractivity contribution < 1.29 is 29.4 Å². The molecule has 0 heterocycles. The third-order valence-electron chi connectivity index (χ3n) is 3.76. The summed E-state index contributed by atoms with van der Waals surface area (Å²) in [6, 6.07) is 12.0. The first kappa shape index (κ1) is 22.3. The van der Waals surface area contributed by atoms with Gasteiger partial charge in [-0.3, -0.25) is 14.4 Å². The fourth-order valence-corrected chi connectivity index (χ4v) is 4.69. The number of carboxylic acid groups (broad SMARTS) is 2. The van der Waals surface area contributed by atoms with Crippen LogP contribution in [-0.2, 0) is 9.59 Å². The molecule has 2 aromatic rings. The molecule has 0 aliphatic rings. The Morgan fingerprint density at radius 1 is 0.897 bits per heavy atom. The van der Waals surface area contributed by atoms with Crippen molar-refractivity contribution in [3.8, 4) is 0 Å². The summed E-state index contributed by atoms with van der Waals surface area (Å²) in [6.45, 7) is 0. The van der Waals surface area contributed by atoms with E-state index in [1.165, 1.54) is 27.7 Å². The van der Waals surface area contributed by atoms with Gasteiger partial charge in [-0.1, -0.05) is 45.9 Å². The Hall–Kier alpha value is -2.98. The molecule has 1 atom stereocenters. The standard InChI is InChI=1S/C19H18N2O6S2/c20-17(24)11-5-1-3-7-14(11)28-29-15-8-4-2-6-12(15)18(25)21-13(19(26)27)9-10-16(22)23/h1-8,13H,9-10H2,(H2,20,24)(H,21,25)(H,22,23)(H,26,27). The maximum Gasteiger partial charge on any atom is 0.326 e. The maximum atomic E-state index is 12.6. The molecule has 10 heteroatoms. The monoisotopic (exact) mass is 434 g/mol. The van der Waals surface area contributed by atoms with E-state index in [0.29, 0.717) is 15.4 Å². The highest BCUT2D eigenvalue weighted by atomic mass is 33.1. The minimum absolute atomic E-state index is 0.230. The number of carboxylic acids is 2. The minimum atomic E-state index is -1.32. The van der Waals surface area contributed by atoms with E-state index >= 15 is 0 Å². The van der Waals surface area contributed by atoms with Crippen molar-refractivity contribution in [1.82, 2.24) is 5.32 Å². The van der Waals surface area contributed by atoms with Crippen LogP contribution in [0.25, 0.3) is 0 Å². The lowest BCUT2D eigenvalue weighted by Gasteiger charge is -2.15. The number of hydrogen-bond donors (Lipinski definition) is 4. The molecule has 2 amide bonds. The Balaban J connectivity index is 2.15. The van der Waals surface area contributed by atoms with Crippen molar-refractivity contribution in [3.05, 3.63) is 59.7 Å². The Labute approximate surface area is 174 Å². The number of amides is 2. The van der Waals surface area contributed by atoms with Crippen LogP contribution >= 0.6 is 21.6 Å². The van der Waals surface area contributed by atoms with Gasteiger partial charge in [0.2, 0.25) is 5.91 Å². The van der Waals surface area contributed by atoms with Gasteiger partial charge >= 0.3 is 11.9 Å². The number of benzene rings is 2. The maximum absolute atomic E-state index is 12.6. The average Bonchev–Trinajstić information content (AvgIpc) is 2.69. The summed E-state index contributed by atoms with van der Waals surface area (Å²) in [6.07, 6.45) is -0.611. The number of carbonyl (C=O) groups is 4. The molecular formula is C19H18N2O6S2. The molecule has 1 unspecified atom stereocenters. The summed E-state index contributed by atoms with van der Waals surface area (Å²) < 4.78 is 0. The minimum Gasteiger partial charge on any atom is -0.481 e. The number of carbonyl (C=O) groups excluding carboxylic acids is 2. The molecule has 29 heavy (non-hydrogen) atoms. The molecule has 0 aliphatic carbocycles. The molecular weight excluding hydrogens is 416 g/mol. The number of aliphatic carboxylic acids is 2. The van der Waals surface area contributed by atoms with Crippen LogP contribution < -0.4 is 11.1 Å². The predicted octanol–water partition coefficient (Wildman–Crippen LogP) is 2.63. The van der Waals surface area contributed by atoms with Gasteiger partial charge in [0.25, 0.3) is 5.91 Å². The van der Waals surface area contributed by atoms with Crippen molar-refractivity contribution in [1.29, 1.82) is 0 Å². The van der Waals surface area contributed by atoms with Crippen LogP contribution in [0.4, 0.5) is 0 Å². The molecule has 2 rings (SSSR count). The van der Waals surface area contributed by atoms with Gasteiger partial charge < -0.3 is 21.3 Å². The van der Waals surface area contributed by atoms with Crippen LogP contribution in [0, 0.1) is 0 Å². The number of rotatable bonds is 10. The molecule has 0 aliphatic heterocycles. The van der Waals surface area contributed by atoms with Crippen molar-refractivity contribution in [2.45, 2.75) is 28.7 Å². The van der Waals surface area contributed by atoms with Crippen molar-refractivity contribution >= 4 is 45.3 Å². The third kappa shape index (κ3) is 6.54. The van der Waals surface area contributed by atoms with E-state index in [2.05, 4.69) is 5.32 Å². The predicted molar refractivity (Wildman–Crippen MR) is 109 cm³/mol. The second-order valence-electron chi connectivity index (χ2n) is 5.82. The summed E-state index contributed by atoms with van der Waals surface area (Å²) in [5.41, 5.74) is 5.96. The van der Waals surface area contributed by atoms with Gasteiger partial charge in [-0.15, -0.1) is 0 Å². The Morgan fingerprint density at radius 2 is 1.41 bits per heavy atom. The second kappa shape index (κ2) is 10.5. The number of nitrogens with two attached hydrogens (primary N) is 1. The molecule has 5 N–H and O–H groups in total. The number of nitrogens with one attached hydrogen (secondary N) is 1. The Kier molecular flexibility index (Phi) is 8.10. The highest BCUT2D eigenvalue weighted by Crippen LogP contribution is 2.40. The van der Waals surface area contributed by atoms with Crippen LogP contribution in [0.3, 0.4) is 0 Å². The highest BCUT2D eigenvalue weighted by molar-refractivity contribution is 8.76. The first-order chi connectivity index (χ1) is 13.8. The summed E-state index contributed by atoms with van der Waals surface area (Å²) >= 11 is 0. The third-order valence-corrected chi connectivity index (χ3v) is 6.24. The topological polar surface area (TPSA) is 147 Å². The molecule has 2 aromatic carbocycles. The highest BCUT2D eigenvalue weighted by Gasteiger charge is 2.23. The van der Waals surface area contributed by atoms with E-state index in [-0.39, 0.29) is 18.4 Å². The van der Waals surface area contributed by atoms with Gasteiger partial charge in [-0.25, -0.2) is 4.79 Å². The summed E-state index contributed by atoms with van der Waals surface area (Å²) in [4.78, 5) is 47.3. The van der Waals surface area contributed by atoms with Crippen LogP contribution in [0.5, 0.6) is 0 Å². The van der Waals surface area contributed by atoms with E-state index in [9.17, 15) is 24.3 Å². The van der Waals surface area contributed by atoms with Gasteiger partial charge in [0, 0.05) is 16.2 Å². The molecule has 0 fully saturated rings. The fourth-order valence-electron chi connectivity index (χ4n) is 2.32. The SMILES string of the molecule is NC(=O)c1ccccc1SSc1ccccc1C(=O)NC(CCC(=O)O)C(=O)O. The molecule has 0 bridgehead atoms. The zero-order chi connectivity index (χ0) is 21.4. The zero-order valence-electron chi connectivity index (χ0n) is 15.0. The normalized spacial score (nSPS) is 11.4. The lowest BCUT2D eigenvalue weighted by atomic mass is 10.1. The second-order valence-corrected chi connectivity index (χ2v) is 8.03. The van der Waals surface area contributed by atoms with Crippen LogP contribution in [0.1, 0.15) is 33.6 Å². The average molecular weight is 434 g/mol. The first-order valence-corrected chi connectivity index (χ1v) is 10.5. The van der Waals surface area contributed by atoms with E-state index in [4.69, 9.17) is 10.8 Å². The molecule has 0 radical (unpaired) electrons. The molecule has 0 spiro atoms. The first-order valence-electron chi connectivity index (χ1n) is 8.37. The molecule has 0 aromatic heterocycles. The lowest BCUT2D eigenvalue weighted by molar-refractivity contribution is -0.140. The van der Waals surface area contributed by atoms with E-state index in [1.54, 1.807) is 42.5 Å². The Bertz CT molecular complexity index is 934. The van der Waals surface area contributed by atoms with Crippen molar-refractivity contribution in [3.63, 3.8) is 0 Å². The van der Waals surface area contributed by atoms with Gasteiger partial charge in [0.15, 0.2) is 0 Å². The number of hydrogen-bond acceptors (Lipinski definition) is 6. The van der Waals surface area contributed by atoms with Crippen molar-refractivity contribution in [2.24, 2.45) is 5.73 Å². The summed E-state index contributed by atoms with van der Waals surface area (Å²) in [7, 11) is 2.46. The van der Waals surface area contributed by atoms with E-state index in [1.807, 2.05) is 0 Å². The summed E-state index contributed by atoms with van der Waals surface area (Å²) in [5, 5.41) is 20.3. The van der Waals surface area contributed by atoms with E-state index in [0.717, 1.165) is 0 Å². The smallest absolute Gasteiger partial charge is 0.326 e. The molecule has 0 saturated heterocycles. The lowest BCUT2D eigenvalue weighted by Crippen LogP contribution is -2.41. The van der Waals surface area contributed by atoms with Gasteiger partial charge in [-0.2, -0.15) is 0 Å². The quantitative estimate of drug-likeness (QED) is 0.417. The molecule has 152 valence electrons. The fraction of sp³-hybridized carbons (Fsp3) is 0.158. The number of primary amides is 1. The zero-order valence-corrected chi connectivity index (χ0v) is 16.7.